The van der Waals surface area contributed by atoms with Crippen LogP contribution in [0.2, 0.25) is 0 Å². The Bertz CT molecular complexity index is 121. The van der Waals surface area contributed by atoms with Crippen molar-refractivity contribution in [3.8, 4) is 0 Å². The summed E-state index contributed by atoms with van der Waals surface area (Å²) < 4.78 is 0. The molecule has 0 aromatic heterocycles. The Hall–Kier alpha value is -0.900. The van der Waals surface area contributed by atoms with E-state index in [0.29, 0.717) is 6.29 Å². The smallest absolute Gasteiger partial charge is 0.328 e. The van der Waals surface area contributed by atoms with Crippen molar-refractivity contribution in [2.24, 2.45) is 0 Å². The van der Waals surface area contributed by atoms with Crippen LogP contribution in [-0.2, 0) is 9.59 Å². The molecule has 0 unspecified atom stereocenters. The minimum absolute atomic E-state index is 0.391. The topological polar surface area (TPSA) is 57.6 Å². The molecular formula is C5H9NO3. The molecule has 4 heteroatoms. The van der Waals surface area contributed by atoms with Gasteiger partial charge in [0.15, 0.2) is 6.04 Å². The average molecular weight is 131 g/mol. The maximum atomic E-state index is 10.1. The Morgan fingerprint density at radius 1 is 1.67 bits per heavy atom. The van der Waals surface area contributed by atoms with E-state index in [4.69, 9.17) is 5.11 Å². The molecule has 0 saturated heterocycles. The normalized spacial score (nSPS) is 13.2. The van der Waals surface area contributed by atoms with Gasteiger partial charge in [0.2, 0.25) is 0 Å². The molecule has 4 nitrogen and oxygen atoms in total. The van der Waals surface area contributed by atoms with E-state index < -0.39 is 12.0 Å². The van der Waals surface area contributed by atoms with Gasteiger partial charge in [0, 0.05) is 0 Å². The first-order chi connectivity index (χ1) is 4.09. The summed E-state index contributed by atoms with van der Waals surface area (Å²) >= 11 is 0. The molecule has 0 aliphatic carbocycles. The van der Waals surface area contributed by atoms with E-state index in [-0.39, 0.29) is 0 Å². The highest BCUT2D eigenvalue weighted by molar-refractivity contribution is 5.90. The third-order valence-electron chi connectivity index (χ3n) is 0.938. The summed E-state index contributed by atoms with van der Waals surface area (Å²) in [4.78, 5) is 21.4. The summed E-state index contributed by atoms with van der Waals surface area (Å²) in [6, 6.07) is -1.01. The molecular weight excluding hydrogens is 122 g/mol. The molecule has 0 saturated carbocycles. The molecule has 0 rings (SSSR count). The van der Waals surface area contributed by atoms with Crippen molar-refractivity contribution in [2.45, 2.75) is 6.04 Å². The number of hydrogen-bond donors (Lipinski definition) is 1. The van der Waals surface area contributed by atoms with Crippen LogP contribution in [0.5, 0.6) is 0 Å². The van der Waals surface area contributed by atoms with E-state index in [1.165, 1.54) is 19.0 Å². The molecule has 52 valence electrons. The first-order valence-electron chi connectivity index (χ1n) is 2.44. The standard InChI is InChI=1S/C5H9NO3/c1-6(2)4(3-7)5(8)9/h3-4H,1-2H3,(H,8,9)/t4-/m0/s1. The number of rotatable bonds is 3. The van der Waals surface area contributed by atoms with Crippen LogP contribution in [0.25, 0.3) is 0 Å². The maximum absolute atomic E-state index is 10.1. The summed E-state index contributed by atoms with van der Waals surface area (Å²) in [5, 5.41) is 8.27. The first kappa shape index (κ1) is 8.10. The van der Waals surface area contributed by atoms with Gasteiger partial charge in [-0.25, -0.2) is 0 Å². The van der Waals surface area contributed by atoms with Gasteiger partial charge in [-0.15, -0.1) is 0 Å². The maximum Gasteiger partial charge on any atom is 0.328 e. The molecule has 0 aliphatic rings. The summed E-state index contributed by atoms with van der Waals surface area (Å²) in [5.74, 6) is -1.12. The molecule has 0 aliphatic heterocycles. The summed E-state index contributed by atoms with van der Waals surface area (Å²) in [6.45, 7) is 0. The highest BCUT2D eigenvalue weighted by Gasteiger charge is 2.17. The Morgan fingerprint density at radius 3 is 2.11 bits per heavy atom. The molecule has 9 heavy (non-hydrogen) atoms. The number of likely N-dealkylation sites (N-methyl/N-ethyl adjacent to an activating group) is 1. The fraction of sp³-hybridized carbons (Fsp3) is 0.600. The Morgan fingerprint density at radius 2 is 2.11 bits per heavy atom. The van der Waals surface area contributed by atoms with Gasteiger partial charge in [0.05, 0.1) is 0 Å². The van der Waals surface area contributed by atoms with Crippen LogP contribution >= 0.6 is 0 Å². The van der Waals surface area contributed by atoms with E-state index in [0.717, 1.165) is 0 Å². The summed E-state index contributed by atoms with van der Waals surface area (Å²) in [6.07, 6.45) is 0.391. The van der Waals surface area contributed by atoms with Gasteiger partial charge >= 0.3 is 5.97 Å². The lowest BCUT2D eigenvalue weighted by Gasteiger charge is -2.12. The number of carbonyl (C=O) groups excluding carboxylic acids is 1. The van der Waals surface area contributed by atoms with Crippen LogP contribution in [0.4, 0.5) is 0 Å². The van der Waals surface area contributed by atoms with Crippen LogP contribution in [0.3, 0.4) is 0 Å². The van der Waals surface area contributed by atoms with Crippen LogP contribution in [0, 0.1) is 0 Å². The summed E-state index contributed by atoms with van der Waals surface area (Å²) in [5.41, 5.74) is 0. The molecule has 0 spiro atoms. The number of carbonyl (C=O) groups is 2. The monoisotopic (exact) mass is 131 g/mol. The molecule has 1 atom stereocenters. The number of aliphatic carboxylic acids is 1. The lowest BCUT2D eigenvalue weighted by Crippen LogP contribution is -2.36. The van der Waals surface area contributed by atoms with E-state index in [1.807, 2.05) is 0 Å². The zero-order valence-electron chi connectivity index (χ0n) is 5.37. The van der Waals surface area contributed by atoms with Crippen LogP contribution in [0.1, 0.15) is 0 Å². The van der Waals surface area contributed by atoms with Gasteiger partial charge in [-0.3, -0.25) is 9.69 Å². The van der Waals surface area contributed by atoms with Gasteiger partial charge in [-0.1, -0.05) is 0 Å². The van der Waals surface area contributed by atoms with E-state index >= 15 is 0 Å². The Labute approximate surface area is 53.1 Å². The Balaban J connectivity index is 3.98. The molecule has 0 amide bonds. The molecule has 0 radical (unpaired) electrons. The number of hydrogen-bond acceptors (Lipinski definition) is 3. The zero-order valence-corrected chi connectivity index (χ0v) is 5.37. The first-order valence-corrected chi connectivity index (χ1v) is 2.44. The molecule has 0 aromatic carbocycles. The summed E-state index contributed by atoms with van der Waals surface area (Å²) in [7, 11) is 3.07. The van der Waals surface area contributed by atoms with E-state index in [1.54, 1.807) is 0 Å². The van der Waals surface area contributed by atoms with Gasteiger partial charge in [0.1, 0.15) is 6.29 Å². The van der Waals surface area contributed by atoms with Gasteiger partial charge in [0.25, 0.3) is 0 Å². The van der Waals surface area contributed by atoms with Gasteiger partial charge in [-0.2, -0.15) is 0 Å². The third kappa shape index (κ3) is 2.23. The number of nitrogens with zero attached hydrogens (tertiary/aromatic N) is 1. The zero-order chi connectivity index (χ0) is 7.44. The molecule has 0 fully saturated rings. The quantitative estimate of drug-likeness (QED) is 0.402. The largest absolute Gasteiger partial charge is 0.480 e. The molecule has 0 aromatic rings. The second-order valence-corrected chi connectivity index (χ2v) is 1.88. The van der Waals surface area contributed by atoms with E-state index in [2.05, 4.69) is 0 Å². The molecule has 0 heterocycles. The molecule has 1 N–H and O–H groups in total. The highest BCUT2D eigenvalue weighted by atomic mass is 16.4. The minimum atomic E-state index is -1.12. The van der Waals surface area contributed by atoms with E-state index in [9.17, 15) is 9.59 Å². The second-order valence-electron chi connectivity index (χ2n) is 1.88. The number of carboxylic acid groups (broad SMARTS) is 1. The lowest BCUT2D eigenvalue weighted by atomic mass is 10.3. The van der Waals surface area contributed by atoms with Crippen molar-refractivity contribution in [2.75, 3.05) is 14.1 Å². The van der Waals surface area contributed by atoms with Crippen molar-refractivity contribution in [1.29, 1.82) is 0 Å². The second kappa shape index (κ2) is 3.19. The lowest BCUT2D eigenvalue weighted by molar-refractivity contribution is -0.144. The number of carboxylic acids is 1. The van der Waals surface area contributed by atoms with Crippen LogP contribution in [-0.4, -0.2) is 42.4 Å². The van der Waals surface area contributed by atoms with Gasteiger partial charge < -0.3 is 9.90 Å². The average Bonchev–Trinajstić information content (AvgIpc) is 1.64. The van der Waals surface area contributed by atoms with Crippen LogP contribution in [0.15, 0.2) is 0 Å². The number of aldehydes is 1. The SMILES string of the molecule is CN(C)[C@@H](C=O)C(=O)O. The fourth-order valence-corrected chi connectivity index (χ4v) is 0.401. The van der Waals surface area contributed by atoms with Gasteiger partial charge in [-0.05, 0) is 14.1 Å². The van der Waals surface area contributed by atoms with Crippen molar-refractivity contribution in [3.05, 3.63) is 0 Å². The van der Waals surface area contributed by atoms with Crippen molar-refractivity contribution in [3.63, 3.8) is 0 Å². The Kier molecular flexibility index (Phi) is 2.87. The highest BCUT2D eigenvalue weighted by Crippen LogP contribution is 1.86. The third-order valence-corrected chi connectivity index (χ3v) is 0.938. The predicted octanol–water partition coefficient (Wildman–Crippen LogP) is -0.800. The molecule has 0 bridgehead atoms. The van der Waals surface area contributed by atoms with Crippen molar-refractivity contribution in [1.82, 2.24) is 4.90 Å². The predicted molar refractivity (Wildman–Crippen MR) is 31.2 cm³/mol. The van der Waals surface area contributed by atoms with Crippen molar-refractivity contribution >= 4 is 12.3 Å². The minimum Gasteiger partial charge on any atom is -0.480 e. The fourth-order valence-electron chi connectivity index (χ4n) is 0.401. The van der Waals surface area contributed by atoms with Crippen molar-refractivity contribution < 1.29 is 14.7 Å². The van der Waals surface area contributed by atoms with Crippen LogP contribution < -0.4 is 0 Å².